The fourth-order valence-corrected chi connectivity index (χ4v) is 3.11. The number of ether oxygens (including phenoxy) is 1. The number of nitrogens with zero attached hydrogens (tertiary/aromatic N) is 1. The smallest absolute Gasteiger partial charge is 0.0479 e. The SMILES string of the molecule is COCCC1(N)CC2CCC(C1)N2C. The molecule has 0 radical (unpaired) electrons. The van der Waals surface area contributed by atoms with E-state index in [-0.39, 0.29) is 5.54 Å². The Kier molecular flexibility index (Phi) is 2.82. The molecule has 3 nitrogen and oxygen atoms in total. The molecule has 2 aliphatic rings. The second-order valence-electron chi connectivity index (χ2n) is 5.06. The van der Waals surface area contributed by atoms with Gasteiger partial charge < -0.3 is 15.4 Å². The molecule has 0 spiro atoms. The van der Waals surface area contributed by atoms with Crippen LogP contribution >= 0.6 is 0 Å². The fourth-order valence-electron chi connectivity index (χ4n) is 3.11. The van der Waals surface area contributed by atoms with Crippen LogP contribution in [0.2, 0.25) is 0 Å². The van der Waals surface area contributed by atoms with Crippen molar-refractivity contribution in [3.63, 3.8) is 0 Å². The third kappa shape index (κ3) is 1.81. The second-order valence-corrected chi connectivity index (χ2v) is 5.06. The average molecular weight is 198 g/mol. The molecule has 0 aliphatic carbocycles. The summed E-state index contributed by atoms with van der Waals surface area (Å²) in [7, 11) is 4.01. The van der Waals surface area contributed by atoms with E-state index >= 15 is 0 Å². The maximum atomic E-state index is 6.42. The molecule has 0 aromatic heterocycles. The van der Waals surface area contributed by atoms with Crippen molar-refractivity contribution in [2.75, 3.05) is 20.8 Å². The molecule has 2 aliphatic heterocycles. The number of fused-ring (bicyclic) bond motifs is 2. The molecule has 2 N–H and O–H groups in total. The summed E-state index contributed by atoms with van der Waals surface area (Å²) < 4.78 is 5.13. The van der Waals surface area contributed by atoms with E-state index in [4.69, 9.17) is 10.5 Å². The van der Waals surface area contributed by atoms with Gasteiger partial charge >= 0.3 is 0 Å². The molecule has 3 heteroatoms. The topological polar surface area (TPSA) is 38.5 Å². The Labute approximate surface area is 86.6 Å². The molecule has 0 aromatic carbocycles. The maximum Gasteiger partial charge on any atom is 0.0479 e. The van der Waals surface area contributed by atoms with Gasteiger partial charge in [0, 0.05) is 31.3 Å². The summed E-state index contributed by atoms with van der Waals surface area (Å²) in [5.74, 6) is 0. The van der Waals surface area contributed by atoms with Crippen LogP contribution in [0, 0.1) is 0 Å². The fraction of sp³-hybridized carbons (Fsp3) is 1.00. The van der Waals surface area contributed by atoms with Crippen molar-refractivity contribution < 1.29 is 4.74 Å². The van der Waals surface area contributed by atoms with Crippen molar-refractivity contribution in [3.05, 3.63) is 0 Å². The molecule has 2 unspecified atom stereocenters. The van der Waals surface area contributed by atoms with E-state index in [2.05, 4.69) is 11.9 Å². The maximum absolute atomic E-state index is 6.42. The predicted molar refractivity (Wildman–Crippen MR) is 57.2 cm³/mol. The third-order valence-electron chi connectivity index (χ3n) is 4.07. The van der Waals surface area contributed by atoms with Crippen molar-refractivity contribution in [1.29, 1.82) is 0 Å². The number of methoxy groups -OCH3 is 1. The van der Waals surface area contributed by atoms with Crippen molar-refractivity contribution in [2.45, 2.75) is 49.7 Å². The van der Waals surface area contributed by atoms with Gasteiger partial charge in [-0.25, -0.2) is 0 Å². The highest BCUT2D eigenvalue weighted by Gasteiger charge is 2.44. The molecule has 2 saturated heterocycles. The van der Waals surface area contributed by atoms with E-state index in [1.807, 2.05) is 0 Å². The molecule has 2 atom stereocenters. The highest BCUT2D eigenvalue weighted by atomic mass is 16.5. The number of hydrogen-bond donors (Lipinski definition) is 1. The molecule has 82 valence electrons. The van der Waals surface area contributed by atoms with Gasteiger partial charge in [0.05, 0.1) is 0 Å². The zero-order valence-corrected chi connectivity index (χ0v) is 9.33. The third-order valence-corrected chi connectivity index (χ3v) is 4.07. The summed E-state index contributed by atoms with van der Waals surface area (Å²) >= 11 is 0. The quantitative estimate of drug-likeness (QED) is 0.734. The lowest BCUT2D eigenvalue weighted by molar-refractivity contribution is 0.0846. The van der Waals surface area contributed by atoms with Crippen LogP contribution in [0.4, 0.5) is 0 Å². The molecule has 14 heavy (non-hydrogen) atoms. The van der Waals surface area contributed by atoms with Crippen molar-refractivity contribution in [2.24, 2.45) is 5.73 Å². The lowest BCUT2D eigenvalue weighted by Gasteiger charge is -2.43. The Morgan fingerprint density at radius 3 is 2.43 bits per heavy atom. The van der Waals surface area contributed by atoms with Crippen LogP contribution in [0.25, 0.3) is 0 Å². The first kappa shape index (κ1) is 10.4. The summed E-state index contributed by atoms with van der Waals surface area (Å²) in [5, 5.41) is 0. The van der Waals surface area contributed by atoms with Crippen LogP contribution in [-0.4, -0.2) is 43.3 Å². The van der Waals surface area contributed by atoms with E-state index in [1.54, 1.807) is 7.11 Å². The molecule has 2 fully saturated rings. The van der Waals surface area contributed by atoms with Crippen molar-refractivity contribution >= 4 is 0 Å². The molecule has 0 aromatic rings. The lowest BCUT2D eigenvalue weighted by atomic mass is 9.81. The molecule has 0 saturated carbocycles. The Morgan fingerprint density at radius 2 is 1.93 bits per heavy atom. The molecule has 2 bridgehead atoms. The van der Waals surface area contributed by atoms with Gasteiger partial charge in [0.1, 0.15) is 0 Å². The van der Waals surface area contributed by atoms with Gasteiger partial charge in [-0.2, -0.15) is 0 Å². The normalized spacial score (nSPS) is 43.1. The average Bonchev–Trinajstić information content (AvgIpc) is 2.41. The zero-order valence-electron chi connectivity index (χ0n) is 9.33. The van der Waals surface area contributed by atoms with Gasteiger partial charge in [-0.15, -0.1) is 0 Å². The second kappa shape index (κ2) is 3.80. The Hall–Kier alpha value is -0.120. The Bertz CT molecular complexity index is 193. The summed E-state index contributed by atoms with van der Waals surface area (Å²) in [6.07, 6.45) is 6.01. The first-order valence-corrected chi connectivity index (χ1v) is 5.64. The highest BCUT2D eigenvalue weighted by molar-refractivity contribution is 5.03. The van der Waals surface area contributed by atoms with E-state index in [1.165, 1.54) is 12.8 Å². The van der Waals surface area contributed by atoms with Crippen LogP contribution < -0.4 is 5.73 Å². The van der Waals surface area contributed by atoms with Gasteiger partial charge in [0.25, 0.3) is 0 Å². The van der Waals surface area contributed by atoms with Gasteiger partial charge in [-0.1, -0.05) is 0 Å². The Morgan fingerprint density at radius 1 is 1.36 bits per heavy atom. The largest absolute Gasteiger partial charge is 0.385 e. The van der Waals surface area contributed by atoms with Gasteiger partial charge in [0.15, 0.2) is 0 Å². The minimum Gasteiger partial charge on any atom is -0.385 e. The molecular formula is C11H22N2O. The van der Waals surface area contributed by atoms with Crippen LogP contribution in [0.15, 0.2) is 0 Å². The molecule has 2 heterocycles. The van der Waals surface area contributed by atoms with Crippen LogP contribution in [0.3, 0.4) is 0 Å². The number of nitrogens with two attached hydrogens (primary N) is 1. The van der Waals surface area contributed by atoms with Crippen molar-refractivity contribution in [3.8, 4) is 0 Å². The number of piperidine rings is 1. The van der Waals surface area contributed by atoms with Crippen LogP contribution in [0.1, 0.15) is 32.1 Å². The van der Waals surface area contributed by atoms with Crippen LogP contribution in [-0.2, 0) is 4.74 Å². The molecule has 0 amide bonds. The monoisotopic (exact) mass is 198 g/mol. The van der Waals surface area contributed by atoms with E-state index in [0.717, 1.165) is 38.0 Å². The standard InChI is InChI=1S/C11H22N2O/c1-13-9-3-4-10(13)8-11(12,7-9)5-6-14-2/h9-10H,3-8,12H2,1-2H3. The molecular weight excluding hydrogens is 176 g/mol. The Balaban J connectivity index is 1.97. The summed E-state index contributed by atoms with van der Waals surface area (Å²) in [5.41, 5.74) is 6.47. The first-order valence-electron chi connectivity index (χ1n) is 5.64. The summed E-state index contributed by atoms with van der Waals surface area (Å²) in [4.78, 5) is 2.53. The predicted octanol–water partition coefficient (Wildman–Crippen LogP) is 0.977. The zero-order chi connectivity index (χ0) is 10.2. The van der Waals surface area contributed by atoms with Gasteiger partial charge in [-0.3, -0.25) is 0 Å². The van der Waals surface area contributed by atoms with E-state index in [9.17, 15) is 0 Å². The first-order chi connectivity index (χ1) is 6.64. The van der Waals surface area contributed by atoms with Crippen LogP contribution in [0.5, 0.6) is 0 Å². The van der Waals surface area contributed by atoms with Crippen molar-refractivity contribution in [1.82, 2.24) is 4.90 Å². The van der Waals surface area contributed by atoms with E-state index in [0.29, 0.717) is 0 Å². The summed E-state index contributed by atoms with van der Waals surface area (Å²) in [6.45, 7) is 0.805. The highest BCUT2D eigenvalue weighted by Crippen LogP contribution is 2.39. The number of rotatable bonds is 3. The minimum atomic E-state index is 0.0500. The minimum absolute atomic E-state index is 0.0500. The van der Waals surface area contributed by atoms with Gasteiger partial charge in [-0.05, 0) is 39.2 Å². The van der Waals surface area contributed by atoms with Gasteiger partial charge in [0.2, 0.25) is 0 Å². The summed E-state index contributed by atoms with van der Waals surface area (Å²) in [6, 6.07) is 1.46. The molecule has 2 rings (SSSR count). The lowest BCUT2D eigenvalue weighted by Crippen LogP contribution is -2.54. The van der Waals surface area contributed by atoms with E-state index < -0.39 is 0 Å². The number of hydrogen-bond acceptors (Lipinski definition) is 3.